The first-order valence-corrected chi connectivity index (χ1v) is 15.0. The number of carbonyl (C=O) groups is 2. The lowest BCUT2D eigenvalue weighted by molar-refractivity contribution is -0.128. The smallest absolute Gasteiger partial charge is 0.408 e. The van der Waals surface area contributed by atoms with Gasteiger partial charge in [0, 0.05) is 57.0 Å². The van der Waals surface area contributed by atoms with Gasteiger partial charge in [-0.3, -0.25) is 4.79 Å². The minimum Gasteiger partial charge on any atom is -0.444 e. The summed E-state index contributed by atoms with van der Waals surface area (Å²) in [5.41, 5.74) is -0.102. The van der Waals surface area contributed by atoms with Crippen LogP contribution in [-0.4, -0.2) is 88.8 Å². The van der Waals surface area contributed by atoms with Crippen LogP contribution in [0.5, 0.6) is 0 Å². The van der Waals surface area contributed by atoms with Crippen LogP contribution in [0.15, 0.2) is 42.9 Å². The fourth-order valence-electron chi connectivity index (χ4n) is 5.10. The number of fused-ring (bicyclic) bond motifs is 1. The molecule has 1 aromatic carbocycles. The third kappa shape index (κ3) is 8.56. The van der Waals surface area contributed by atoms with Crippen LogP contribution in [0.2, 0.25) is 5.02 Å². The highest BCUT2D eigenvalue weighted by Gasteiger charge is 2.44. The SMILES string of the molecule is CC(C)(C)OC(=O)NC1(C(=O)NCc2ccc(Cl)cc2)CCN(c2ncnc3[nH]ccc23)CC1.CCN1CCNCC1. The fraction of sp³-hybridized carbons (Fsp3) is 0.533. The lowest BCUT2D eigenvalue weighted by atomic mass is 9.86. The van der Waals surface area contributed by atoms with Gasteiger partial charge in [-0.1, -0.05) is 30.7 Å². The molecule has 2 fully saturated rings. The van der Waals surface area contributed by atoms with E-state index in [4.69, 9.17) is 16.3 Å². The number of hydrogen-bond acceptors (Lipinski definition) is 8. The van der Waals surface area contributed by atoms with Gasteiger partial charge < -0.3 is 35.5 Å². The van der Waals surface area contributed by atoms with Crippen molar-refractivity contribution in [2.24, 2.45) is 0 Å². The molecular weight excluding hydrogens is 556 g/mol. The Morgan fingerprint density at radius 1 is 1.05 bits per heavy atom. The van der Waals surface area contributed by atoms with E-state index in [0.29, 0.717) is 37.5 Å². The molecule has 2 aliphatic rings. The molecule has 42 heavy (non-hydrogen) atoms. The largest absolute Gasteiger partial charge is 0.444 e. The number of anilines is 1. The molecule has 0 spiro atoms. The van der Waals surface area contributed by atoms with Crippen molar-refractivity contribution in [2.45, 2.75) is 58.2 Å². The first-order chi connectivity index (χ1) is 20.1. The van der Waals surface area contributed by atoms with Gasteiger partial charge in [0.2, 0.25) is 5.91 Å². The third-order valence-corrected chi connectivity index (χ3v) is 7.70. The van der Waals surface area contributed by atoms with Crippen LogP contribution >= 0.6 is 11.6 Å². The van der Waals surface area contributed by atoms with Crippen LogP contribution in [0.4, 0.5) is 10.6 Å². The van der Waals surface area contributed by atoms with Gasteiger partial charge in [0.1, 0.15) is 28.9 Å². The Balaban J connectivity index is 0.000000437. The number of nitrogens with zero attached hydrogens (tertiary/aromatic N) is 4. The van der Waals surface area contributed by atoms with E-state index in [9.17, 15) is 9.59 Å². The lowest BCUT2D eigenvalue weighted by Gasteiger charge is -2.41. The highest BCUT2D eigenvalue weighted by Crippen LogP contribution is 2.30. The Hall–Kier alpha value is -3.41. The Morgan fingerprint density at radius 2 is 1.74 bits per heavy atom. The van der Waals surface area contributed by atoms with Crippen molar-refractivity contribution < 1.29 is 14.3 Å². The first kappa shape index (κ1) is 31.5. The second-order valence-electron chi connectivity index (χ2n) is 11.6. The van der Waals surface area contributed by atoms with Gasteiger partial charge in [-0.25, -0.2) is 14.8 Å². The molecule has 0 saturated carbocycles. The molecule has 12 heteroatoms. The van der Waals surface area contributed by atoms with Crippen molar-refractivity contribution in [3.05, 3.63) is 53.4 Å². The predicted molar refractivity (Wildman–Crippen MR) is 166 cm³/mol. The van der Waals surface area contributed by atoms with E-state index in [1.165, 1.54) is 39.1 Å². The number of H-pyrrole nitrogens is 1. The molecule has 2 saturated heterocycles. The van der Waals surface area contributed by atoms with Crippen molar-refractivity contribution >= 4 is 40.5 Å². The molecule has 4 heterocycles. The average Bonchev–Trinajstić information content (AvgIpc) is 3.46. The minimum absolute atomic E-state index is 0.248. The van der Waals surface area contributed by atoms with Crippen molar-refractivity contribution in [3.8, 4) is 0 Å². The summed E-state index contributed by atoms with van der Waals surface area (Å²) in [7, 11) is 0. The number of piperazine rings is 1. The number of hydrogen-bond donors (Lipinski definition) is 4. The number of nitrogens with one attached hydrogen (secondary N) is 4. The molecule has 0 atom stereocenters. The van der Waals surface area contributed by atoms with Gasteiger partial charge in [0.15, 0.2) is 0 Å². The van der Waals surface area contributed by atoms with Gasteiger partial charge in [-0.15, -0.1) is 0 Å². The number of aromatic amines is 1. The zero-order valence-electron chi connectivity index (χ0n) is 25.0. The van der Waals surface area contributed by atoms with Gasteiger partial charge in [-0.05, 0) is 63.9 Å². The Bertz CT molecular complexity index is 1310. The van der Waals surface area contributed by atoms with Crippen LogP contribution in [0.1, 0.15) is 46.1 Å². The van der Waals surface area contributed by atoms with Gasteiger partial charge in [0.25, 0.3) is 0 Å². The number of ether oxygens (including phenoxy) is 1. The first-order valence-electron chi connectivity index (χ1n) is 14.6. The van der Waals surface area contributed by atoms with E-state index >= 15 is 0 Å². The number of likely N-dealkylation sites (N-methyl/N-ethyl adjacent to an activating group) is 1. The van der Waals surface area contributed by atoms with Gasteiger partial charge >= 0.3 is 6.09 Å². The molecule has 228 valence electrons. The Morgan fingerprint density at radius 3 is 2.36 bits per heavy atom. The number of carbonyl (C=O) groups excluding carboxylic acids is 2. The lowest BCUT2D eigenvalue weighted by Crippen LogP contribution is -2.63. The Kier molecular flexibility index (Phi) is 10.6. The number of alkyl carbamates (subject to hydrolysis) is 1. The molecule has 2 amide bonds. The van der Waals surface area contributed by atoms with E-state index in [2.05, 4.69) is 47.6 Å². The molecule has 2 aliphatic heterocycles. The number of aromatic nitrogens is 3. The maximum Gasteiger partial charge on any atom is 0.408 e. The van der Waals surface area contributed by atoms with Gasteiger partial charge in [-0.2, -0.15) is 0 Å². The summed E-state index contributed by atoms with van der Waals surface area (Å²) in [6.07, 6.45) is 3.53. The van der Waals surface area contributed by atoms with E-state index in [-0.39, 0.29) is 5.91 Å². The van der Waals surface area contributed by atoms with Crippen LogP contribution < -0.4 is 20.9 Å². The second-order valence-corrected chi connectivity index (χ2v) is 12.1. The number of amides is 2. The van der Waals surface area contributed by atoms with E-state index in [0.717, 1.165) is 22.4 Å². The molecule has 5 rings (SSSR count). The van der Waals surface area contributed by atoms with Crippen molar-refractivity contribution in [1.29, 1.82) is 0 Å². The topological polar surface area (TPSA) is 128 Å². The van der Waals surface area contributed by atoms with Crippen molar-refractivity contribution in [2.75, 3.05) is 50.7 Å². The quantitative estimate of drug-likeness (QED) is 0.338. The molecule has 0 aliphatic carbocycles. The average molecular weight is 599 g/mol. The van der Waals surface area contributed by atoms with Gasteiger partial charge in [0.05, 0.1) is 5.39 Å². The number of piperidine rings is 1. The number of halogens is 1. The summed E-state index contributed by atoms with van der Waals surface area (Å²) < 4.78 is 5.47. The van der Waals surface area contributed by atoms with Crippen LogP contribution in [-0.2, 0) is 16.1 Å². The molecule has 11 nitrogen and oxygen atoms in total. The predicted octanol–water partition coefficient (Wildman–Crippen LogP) is 3.70. The maximum atomic E-state index is 13.4. The third-order valence-electron chi connectivity index (χ3n) is 7.45. The van der Waals surface area contributed by atoms with Crippen LogP contribution in [0, 0.1) is 0 Å². The number of rotatable bonds is 6. The van der Waals surface area contributed by atoms with Crippen molar-refractivity contribution in [3.63, 3.8) is 0 Å². The second kappa shape index (κ2) is 14.2. The molecular formula is C30H43ClN8O3. The molecule has 4 N–H and O–H groups in total. The summed E-state index contributed by atoms with van der Waals surface area (Å²) in [6, 6.07) is 9.20. The molecule has 0 bridgehead atoms. The van der Waals surface area contributed by atoms with E-state index in [1.54, 1.807) is 32.9 Å². The molecule has 2 aromatic heterocycles. The van der Waals surface area contributed by atoms with E-state index in [1.807, 2.05) is 24.4 Å². The normalized spacial score (nSPS) is 17.2. The zero-order valence-corrected chi connectivity index (χ0v) is 25.8. The maximum absolute atomic E-state index is 13.4. The molecule has 0 unspecified atom stereocenters. The fourth-order valence-corrected chi connectivity index (χ4v) is 5.23. The Labute approximate surface area is 252 Å². The monoisotopic (exact) mass is 598 g/mol. The summed E-state index contributed by atoms with van der Waals surface area (Å²) in [5.74, 6) is 0.557. The highest BCUT2D eigenvalue weighted by atomic mass is 35.5. The standard InChI is InChI=1S/C24H29ClN6O3.C6H14N2/c1-23(2,3)34-22(33)30-24(21(32)27-14-16-4-6-17(25)7-5-16)9-12-31(13-10-24)20-18-8-11-26-19(18)28-15-29-20;1-2-8-5-3-7-4-6-8/h4-8,11,15H,9-10,12-14H2,1-3H3,(H,27,32)(H,30,33)(H,26,28,29);7H,2-6H2,1H3. The van der Waals surface area contributed by atoms with E-state index < -0.39 is 17.2 Å². The summed E-state index contributed by atoms with van der Waals surface area (Å²) in [5, 5.41) is 10.7. The molecule has 0 radical (unpaired) electrons. The van der Waals surface area contributed by atoms with Crippen LogP contribution in [0.25, 0.3) is 11.0 Å². The summed E-state index contributed by atoms with van der Waals surface area (Å²) in [6.45, 7) is 15.0. The number of benzene rings is 1. The summed E-state index contributed by atoms with van der Waals surface area (Å²) in [4.78, 5) is 42.5. The minimum atomic E-state index is -1.10. The zero-order chi connectivity index (χ0) is 30.2. The van der Waals surface area contributed by atoms with Crippen molar-refractivity contribution in [1.82, 2.24) is 35.8 Å². The molecule has 3 aromatic rings. The summed E-state index contributed by atoms with van der Waals surface area (Å²) >= 11 is 5.96. The van der Waals surface area contributed by atoms with Crippen LogP contribution in [0.3, 0.4) is 0 Å². The highest BCUT2D eigenvalue weighted by molar-refractivity contribution is 6.30.